The zero-order chi connectivity index (χ0) is 33.6. The number of rotatable bonds is 26. The van der Waals surface area contributed by atoms with E-state index in [2.05, 4.69) is 13.8 Å². The van der Waals surface area contributed by atoms with Crippen LogP contribution in [0.25, 0.3) is 0 Å². The minimum absolute atomic E-state index is 0.349. The van der Waals surface area contributed by atoms with Gasteiger partial charge in [0.25, 0.3) is 0 Å². The molecular formula is C44H66O3. The molecule has 0 fully saturated rings. The molecule has 0 aliphatic heterocycles. The van der Waals surface area contributed by atoms with Crippen LogP contribution in [0.15, 0.2) is 91.0 Å². The first kappa shape index (κ1) is 39.0. The number of aliphatic hydroxyl groups excluding tert-OH is 2. The Bertz CT molecular complexity index is 1070. The van der Waals surface area contributed by atoms with Crippen molar-refractivity contribution in [2.45, 2.75) is 165 Å². The van der Waals surface area contributed by atoms with E-state index in [-0.39, 0.29) is 0 Å². The maximum Gasteiger partial charge on any atom is 0.118 e. The zero-order valence-electron chi connectivity index (χ0n) is 29.8. The van der Waals surface area contributed by atoms with Crippen molar-refractivity contribution in [3.8, 4) is 0 Å². The second-order valence-corrected chi connectivity index (χ2v) is 14.0. The highest BCUT2D eigenvalue weighted by Gasteiger charge is 2.55. The van der Waals surface area contributed by atoms with Crippen LogP contribution >= 0.6 is 0 Å². The molecule has 3 heteroatoms. The maximum atomic E-state index is 12.8. The molecule has 0 aliphatic rings. The predicted molar refractivity (Wildman–Crippen MR) is 200 cm³/mol. The summed E-state index contributed by atoms with van der Waals surface area (Å²) in [5.74, 6) is 0. The third-order valence-corrected chi connectivity index (χ3v) is 10.4. The van der Waals surface area contributed by atoms with Gasteiger partial charge in [0, 0.05) is 0 Å². The molecule has 0 bridgehead atoms. The summed E-state index contributed by atoms with van der Waals surface area (Å²) in [6.45, 7) is 4.45. The van der Waals surface area contributed by atoms with Gasteiger partial charge < -0.3 is 15.3 Å². The van der Waals surface area contributed by atoms with E-state index in [4.69, 9.17) is 0 Å². The summed E-state index contributed by atoms with van der Waals surface area (Å²) in [6.07, 6.45) is 20.3. The van der Waals surface area contributed by atoms with Gasteiger partial charge in [-0.15, -0.1) is 0 Å². The highest BCUT2D eigenvalue weighted by molar-refractivity contribution is 5.53. The molecule has 0 heterocycles. The lowest BCUT2D eigenvalue weighted by Gasteiger charge is -2.49. The summed E-state index contributed by atoms with van der Waals surface area (Å²) >= 11 is 0. The van der Waals surface area contributed by atoms with Crippen molar-refractivity contribution in [3.63, 3.8) is 0 Å². The van der Waals surface area contributed by atoms with Crippen molar-refractivity contribution in [1.29, 1.82) is 0 Å². The lowest BCUT2D eigenvalue weighted by molar-refractivity contribution is -0.167. The largest absolute Gasteiger partial charge is 0.390 e. The summed E-state index contributed by atoms with van der Waals surface area (Å²) in [5, 5.41) is 37.3. The first-order chi connectivity index (χ1) is 23.0. The van der Waals surface area contributed by atoms with Gasteiger partial charge in [-0.3, -0.25) is 0 Å². The Morgan fingerprint density at radius 2 is 0.766 bits per heavy atom. The van der Waals surface area contributed by atoms with Crippen LogP contribution in [0.2, 0.25) is 0 Å². The Morgan fingerprint density at radius 3 is 1.13 bits per heavy atom. The van der Waals surface area contributed by atoms with Crippen LogP contribution in [0.1, 0.15) is 159 Å². The van der Waals surface area contributed by atoms with Crippen LogP contribution in [0, 0.1) is 0 Å². The SMILES string of the molecule is CCCCCCCCCCCCCCCCC(O)C(O)(CCCCCC)C(O)C(c1ccccc1)(c1ccccc1)c1ccccc1. The van der Waals surface area contributed by atoms with E-state index < -0.39 is 23.2 Å². The molecule has 3 atom stereocenters. The number of unbranched alkanes of at least 4 members (excludes halogenated alkanes) is 16. The van der Waals surface area contributed by atoms with Gasteiger partial charge in [-0.2, -0.15) is 0 Å². The second kappa shape index (κ2) is 22.2. The van der Waals surface area contributed by atoms with Crippen molar-refractivity contribution in [3.05, 3.63) is 108 Å². The first-order valence-corrected chi connectivity index (χ1v) is 19.3. The average molecular weight is 643 g/mol. The number of hydrogen-bond donors (Lipinski definition) is 3. The fourth-order valence-corrected chi connectivity index (χ4v) is 7.55. The van der Waals surface area contributed by atoms with E-state index in [9.17, 15) is 15.3 Å². The monoisotopic (exact) mass is 643 g/mol. The lowest BCUT2D eigenvalue weighted by Crippen LogP contribution is -2.61. The Morgan fingerprint density at radius 1 is 0.447 bits per heavy atom. The molecule has 0 saturated carbocycles. The van der Waals surface area contributed by atoms with Crippen molar-refractivity contribution in [1.82, 2.24) is 0 Å². The Balaban J connectivity index is 1.72. The van der Waals surface area contributed by atoms with E-state index in [1.54, 1.807) is 0 Å². The van der Waals surface area contributed by atoms with Gasteiger partial charge in [0.15, 0.2) is 0 Å². The summed E-state index contributed by atoms with van der Waals surface area (Å²) in [7, 11) is 0. The average Bonchev–Trinajstić information content (AvgIpc) is 3.11. The van der Waals surface area contributed by atoms with Crippen molar-refractivity contribution in [2.24, 2.45) is 0 Å². The van der Waals surface area contributed by atoms with E-state index in [1.807, 2.05) is 91.0 Å². The highest BCUT2D eigenvalue weighted by atomic mass is 16.4. The molecule has 3 N–H and O–H groups in total. The van der Waals surface area contributed by atoms with E-state index in [1.165, 1.54) is 70.6 Å². The van der Waals surface area contributed by atoms with Gasteiger partial charge in [0.2, 0.25) is 0 Å². The van der Waals surface area contributed by atoms with E-state index in [0.29, 0.717) is 12.8 Å². The molecule has 3 aromatic rings. The molecule has 260 valence electrons. The minimum atomic E-state index is -1.69. The van der Waals surface area contributed by atoms with Crippen LogP contribution < -0.4 is 0 Å². The molecule has 0 amide bonds. The molecule has 3 unspecified atom stereocenters. The molecule has 0 saturated heterocycles. The Kier molecular flexibility index (Phi) is 18.4. The summed E-state index contributed by atoms with van der Waals surface area (Å²) in [5.41, 5.74) is -0.0484. The van der Waals surface area contributed by atoms with Crippen molar-refractivity contribution >= 4 is 0 Å². The molecule has 0 radical (unpaired) electrons. The Hall–Kier alpha value is -2.46. The maximum absolute atomic E-state index is 12.8. The van der Waals surface area contributed by atoms with Gasteiger partial charge in [0.1, 0.15) is 11.7 Å². The van der Waals surface area contributed by atoms with Crippen LogP contribution in [-0.4, -0.2) is 33.1 Å². The van der Waals surface area contributed by atoms with Gasteiger partial charge in [-0.1, -0.05) is 220 Å². The van der Waals surface area contributed by atoms with Gasteiger partial charge >= 0.3 is 0 Å². The van der Waals surface area contributed by atoms with Crippen LogP contribution in [0.4, 0.5) is 0 Å². The zero-order valence-corrected chi connectivity index (χ0v) is 29.8. The number of benzene rings is 3. The molecule has 0 aromatic heterocycles. The van der Waals surface area contributed by atoms with Crippen molar-refractivity contribution < 1.29 is 15.3 Å². The highest BCUT2D eigenvalue weighted by Crippen LogP contribution is 2.47. The summed E-state index contributed by atoms with van der Waals surface area (Å²) in [4.78, 5) is 0. The van der Waals surface area contributed by atoms with Gasteiger partial charge in [-0.05, 0) is 29.5 Å². The fourth-order valence-electron chi connectivity index (χ4n) is 7.55. The van der Waals surface area contributed by atoms with Crippen LogP contribution in [0.5, 0.6) is 0 Å². The molecule has 3 rings (SSSR count). The van der Waals surface area contributed by atoms with Crippen LogP contribution in [-0.2, 0) is 5.41 Å². The van der Waals surface area contributed by atoms with E-state index in [0.717, 1.165) is 61.6 Å². The molecule has 47 heavy (non-hydrogen) atoms. The van der Waals surface area contributed by atoms with E-state index >= 15 is 0 Å². The quantitative estimate of drug-likeness (QED) is 0.0603. The topological polar surface area (TPSA) is 60.7 Å². The van der Waals surface area contributed by atoms with Crippen LogP contribution in [0.3, 0.4) is 0 Å². The third kappa shape index (κ3) is 11.6. The molecule has 3 aromatic carbocycles. The third-order valence-electron chi connectivity index (χ3n) is 10.4. The second-order valence-electron chi connectivity index (χ2n) is 14.0. The molecule has 0 aliphatic carbocycles. The Labute approximate surface area is 287 Å². The number of aliphatic hydroxyl groups is 3. The number of hydrogen-bond acceptors (Lipinski definition) is 3. The normalized spacial score (nSPS) is 14.5. The van der Waals surface area contributed by atoms with Gasteiger partial charge in [0.05, 0.1) is 11.5 Å². The molecule has 3 nitrogen and oxygen atoms in total. The van der Waals surface area contributed by atoms with Crippen molar-refractivity contribution in [2.75, 3.05) is 0 Å². The first-order valence-electron chi connectivity index (χ1n) is 19.3. The smallest absolute Gasteiger partial charge is 0.118 e. The molecule has 0 spiro atoms. The summed E-state index contributed by atoms with van der Waals surface area (Å²) < 4.78 is 0. The molecular weight excluding hydrogens is 576 g/mol. The summed E-state index contributed by atoms with van der Waals surface area (Å²) in [6, 6.07) is 30.2. The lowest BCUT2D eigenvalue weighted by atomic mass is 9.60. The van der Waals surface area contributed by atoms with Gasteiger partial charge in [-0.25, -0.2) is 0 Å². The predicted octanol–water partition coefficient (Wildman–Crippen LogP) is 11.3. The minimum Gasteiger partial charge on any atom is -0.390 e. The standard InChI is InChI=1S/C44H66O3/c1-3-5-7-9-10-11-12-13-14-15-16-17-18-28-36-41(45)43(47,37-29-8-6-4-2)42(46)44(38-30-22-19-23-31-38,39-32-24-20-25-33-39)40-34-26-21-27-35-40/h19-27,30-35,41-42,45-47H,3-18,28-29,36-37H2,1-2H3. The fraction of sp³-hybridized carbons (Fsp3) is 0.591.